The van der Waals surface area contributed by atoms with E-state index in [0.717, 1.165) is 39.0 Å². The molecule has 3 fully saturated rings. The molecule has 12 nitrogen and oxygen atoms in total. The Labute approximate surface area is 218 Å². The molecule has 13 heteroatoms. The number of imidazole rings is 1. The predicted molar refractivity (Wildman–Crippen MR) is 138 cm³/mol. The smallest absolute Gasteiger partial charge is 0.275 e. The molecule has 1 aliphatic carbocycles. The van der Waals surface area contributed by atoms with Crippen LogP contribution in [0.15, 0.2) is 18.3 Å². The molecule has 194 valence electrons. The van der Waals surface area contributed by atoms with Crippen LogP contribution < -0.4 is 15.5 Å². The SMILES string of the molecule is [C-]#[N+]c1cnc2c(NC3CC3)nc(Nc3cc(C#N)cc(N4CCN(C5CN(C(C)=O)C5)CC4)c3F)nn12. The number of carbonyl (C=O) groups is 1. The second kappa shape index (κ2) is 9.43. The number of carbonyl (C=O) groups excluding carboxylic acids is 1. The number of halogens is 1. The Hall–Kier alpha value is -4.49. The molecule has 2 saturated heterocycles. The second-order valence-electron chi connectivity index (χ2n) is 9.86. The summed E-state index contributed by atoms with van der Waals surface area (Å²) in [5, 5.41) is 20.3. The zero-order chi connectivity index (χ0) is 26.4. The van der Waals surface area contributed by atoms with E-state index in [1.807, 2.05) is 9.80 Å². The molecule has 0 atom stereocenters. The maximum Gasteiger partial charge on any atom is 0.275 e. The van der Waals surface area contributed by atoms with Gasteiger partial charge < -0.3 is 25.3 Å². The van der Waals surface area contributed by atoms with E-state index in [9.17, 15) is 10.1 Å². The molecule has 2 aromatic heterocycles. The summed E-state index contributed by atoms with van der Waals surface area (Å²) in [6.45, 7) is 13.1. The summed E-state index contributed by atoms with van der Waals surface area (Å²) in [6.07, 6.45) is 3.45. The van der Waals surface area contributed by atoms with Gasteiger partial charge in [0.25, 0.3) is 17.4 Å². The minimum absolute atomic E-state index is 0.0822. The molecule has 0 radical (unpaired) electrons. The summed E-state index contributed by atoms with van der Waals surface area (Å²) in [7, 11) is 0. The lowest BCUT2D eigenvalue weighted by molar-refractivity contribution is -0.136. The van der Waals surface area contributed by atoms with Gasteiger partial charge >= 0.3 is 0 Å². The van der Waals surface area contributed by atoms with E-state index in [0.29, 0.717) is 41.8 Å². The van der Waals surface area contributed by atoms with Gasteiger partial charge in [-0.25, -0.2) is 9.37 Å². The first-order chi connectivity index (χ1) is 18.4. The Morgan fingerprint density at radius 2 is 2.00 bits per heavy atom. The molecule has 3 aromatic rings. The fourth-order valence-electron chi connectivity index (χ4n) is 4.90. The third kappa shape index (κ3) is 4.41. The van der Waals surface area contributed by atoms with Gasteiger partial charge in [0.1, 0.15) is 0 Å². The van der Waals surface area contributed by atoms with Gasteiger partial charge in [-0.1, -0.05) is 11.7 Å². The Morgan fingerprint density at radius 1 is 1.24 bits per heavy atom. The van der Waals surface area contributed by atoms with Crippen molar-refractivity contribution < 1.29 is 9.18 Å². The van der Waals surface area contributed by atoms with Crippen molar-refractivity contribution in [3.8, 4) is 6.07 Å². The summed E-state index contributed by atoms with van der Waals surface area (Å²) in [6, 6.07) is 5.74. The fraction of sp³-hybridized carbons (Fsp3) is 0.440. The van der Waals surface area contributed by atoms with Crippen molar-refractivity contribution in [3.05, 3.63) is 41.1 Å². The van der Waals surface area contributed by atoms with Gasteiger partial charge in [0, 0.05) is 58.3 Å². The van der Waals surface area contributed by atoms with Crippen molar-refractivity contribution in [3.63, 3.8) is 0 Å². The number of amides is 1. The number of benzene rings is 1. The highest BCUT2D eigenvalue weighted by molar-refractivity contribution is 5.74. The number of aromatic nitrogens is 4. The van der Waals surface area contributed by atoms with Crippen molar-refractivity contribution in [2.24, 2.45) is 0 Å². The minimum Gasteiger partial charge on any atom is -0.367 e. The molecule has 0 bridgehead atoms. The molecule has 0 unspecified atom stereocenters. The maximum absolute atomic E-state index is 15.8. The van der Waals surface area contributed by atoms with Crippen LogP contribution in [0.25, 0.3) is 10.5 Å². The van der Waals surface area contributed by atoms with Gasteiger partial charge in [0.05, 0.1) is 29.2 Å². The molecule has 3 aliphatic rings. The van der Waals surface area contributed by atoms with E-state index in [1.165, 1.54) is 16.8 Å². The van der Waals surface area contributed by atoms with Crippen LogP contribution in [0.2, 0.25) is 0 Å². The van der Waals surface area contributed by atoms with Crippen LogP contribution in [0, 0.1) is 23.7 Å². The Kier molecular flexibility index (Phi) is 5.93. The van der Waals surface area contributed by atoms with E-state index < -0.39 is 5.82 Å². The summed E-state index contributed by atoms with van der Waals surface area (Å²) in [4.78, 5) is 29.8. The summed E-state index contributed by atoms with van der Waals surface area (Å²) >= 11 is 0. The fourth-order valence-corrected chi connectivity index (χ4v) is 4.90. The lowest BCUT2D eigenvalue weighted by Crippen LogP contribution is -2.64. The van der Waals surface area contributed by atoms with E-state index in [2.05, 4.69) is 41.5 Å². The largest absolute Gasteiger partial charge is 0.367 e. The monoisotopic (exact) mass is 515 g/mol. The topological polar surface area (TPSA) is 122 Å². The minimum atomic E-state index is -0.500. The van der Waals surface area contributed by atoms with Crippen LogP contribution in [-0.4, -0.2) is 86.6 Å². The first kappa shape index (κ1) is 23.9. The molecule has 0 spiro atoms. The molecule has 2 N–H and O–H groups in total. The van der Waals surface area contributed by atoms with Crippen molar-refractivity contribution in [2.75, 3.05) is 54.8 Å². The van der Waals surface area contributed by atoms with Crippen LogP contribution in [0.5, 0.6) is 0 Å². The predicted octanol–water partition coefficient (Wildman–Crippen LogP) is 2.36. The molecule has 6 rings (SSSR count). The highest BCUT2D eigenvalue weighted by Crippen LogP contribution is 2.32. The summed E-state index contributed by atoms with van der Waals surface area (Å²) in [5.41, 5.74) is 1.16. The number of likely N-dealkylation sites (tertiary alicyclic amines) is 1. The number of nitrogens with zero attached hydrogens (tertiary/aromatic N) is 9. The molecule has 38 heavy (non-hydrogen) atoms. The first-order valence-electron chi connectivity index (χ1n) is 12.6. The quantitative estimate of drug-likeness (QED) is 0.477. The Balaban J connectivity index is 1.24. The lowest BCUT2D eigenvalue weighted by Gasteiger charge is -2.48. The van der Waals surface area contributed by atoms with Crippen LogP contribution in [0.4, 0.5) is 33.3 Å². The molecular weight excluding hydrogens is 489 g/mol. The third-order valence-corrected chi connectivity index (χ3v) is 7.28. The lowest BCUT2D eigenvalue weighted by atomic mass is 10.1. The molecular formula is C25H26FN11O. The van der Waals surface area contributed by atoms with Gasteiger partial charge in [-0.2, -0.15) is 10.2 Å². The number of piperazine rings is 1. The second-order valence-corrected chi connectivity index (χ2v) is 9.86. The van der Waals surface area contributed by atoms with E-state index >= 15 is 4.39 Å². The van der Waals surface area contributed by atoms with Crippen molar-refractivity contribution in [1.29, 1.82) is 5.26 Å². The van der Waals surface area contributed by atoms with Crippen molar-refractivity contribution >= 4 is 40.5 Å². The van der Waals surface area contributed by atoms with Gasteiger partial charge in [0.2, 0.25) is 5.91 Å². The van der Waals surface area contributed by atoms with Crippen molar-refractivity contribution in [1.82, 2.24) is 29.4 Å². The molecule has 1 aromatic carbocycles. The van der Waals surface area contributed by atoms with E-state index in [-0.39, 0.29) is 29.4 Å². The van der Waals surface area contributed by atoms with Gasteiger partial charge in [0.15, 0.2) is 11.6 Å². The molecule has 1 amide bonds. The van der Waals surface area contributed by atoms with Crippen LogP contribution in [-0.2, 0) is 4.79 Å². The normalized spacial score (nSPS) is 18.1. The summed E-state index contributed by atoms with van der Waals surface area (Å²) in [5.74, 6) is 0.361. The van der Waals surface area contributed by atoms with Gasteiger partial charge in [-0.3, -0.25) is 9.69 Å². The zero-order valence-electron chi connectivity index (χ0n) is 20.9. The van der Waals surface area contributed by atoms with Crippen LogP contribution >= 0.6 is 0 Å². The average Bonchev–Trinajstić information content (AvgIpc) is 3.60. The van der Waals surface area contributed by atoms with E-state index in [1.54, 1.807) is 13.0 Å². The highest BCUT2D eigenvalue weighted by Gasteiger charge is 2.35. The number of anilines is 4. The molecule has 2 aliphatic heterocycles. The molecule has 4 heterocycles. The number of hydrogen-bond donors (Lipinski definition) is 2. The van der Waals surface area contributed by atoms with Crippen LogP contribution in [0.3, 0.4) is 0 Å². The summed E-state index contributed by atoms with van der Waals surface area (Å²) < 4.78 is 17.2. The number of rotatable bonds is 6. The van der Waals surface area contributed by atoms with E-state index in [4.69, 9.17) is 6.57 Å². The maximum atomic E-state index is 15.8. The van der Waals surface area contributed by atoms with Gasteiger partial charge in [-0.15, -0.1) is 4.52 Å². The number of hydrogen-bond acceptors (Lipinski definition) is 9. The van der Waals surface area contributed by atoms with Crippen molar-refractivity contribution in [2.45, 2.75) is 31.8 Å². The Bertz CT molecular complexity index is 1490. The number of fused-ring (bicyclic) bond motifs is 1. The standard InChI is InChI=1S/C25H26FN11O/c1-15(38)36-13-18(14-36)34-5-7-35(8-6-34)20-10-16(11-27)9-19(22(20)26)31-25-32-23(30-17-3-4-17)24-29-12-21(28-2)37(24)33-25/h9-10,12,17-18H,3-8,13-14H2,1H3,(H2,30,31,32,33). The number of nitrogens with one attached hydrogen (secondary N) is 2. The van der Waals surface area contributed by atoms with Crippen LogP contribution in [0.1, 0.15) is 25.3 Å². The third-order valence-electron chi connectivity index (χ3n) is 7.28. The average molecular weight is 516 g/mol. The molecule has 1 saturated carbocycles. The Morgan fingerprint density at radius 3 is 2.66 bits per heavy atom. The van der Waals surface area contributed by atoms with Gasteiger partial charge in [-0.05, 0) is 25.0 Å². The highest BCUT2D eigenvalue weighted by atomic mass is 19.1. The zero-order valence-corrected chi connectivity index (χ0v) is 20.9. The first-order valence-corrected chi connectivity index (χ1v) is 12.6. The number of nitriles is 1.